The Labute approximate surface area is 73.6 Å². The highest BCUT2D eigenvalue weighted by Crippen LogP contribution is 2.11. The first kappa shape index (κ1) is 9.16. The lowest BCUT2D eigenvalue weighted by atomic mass is 10.1. The molecule has 0 aliphatic heterocycles. The second kappa shape index (κ2) is 3.65. The lowest BCUT2D eigenvalue weighted by Crippen LogP contribution is -1.94. The minimum Gasteiger partial charge on any atom is -0.392 e. The highest BCUT2D eigenvalue weighted by atomic mass is 35.5. The van der Waals surface area contributed by atoms with Crippen molar-refractivity contribution < 1.29 is 14.3 Å². The third-order valence-electron chi connectivity index (χ3n) is 1.45. The number of carbonyl (C=O) groups is 1. The second-order valence-corrected chi connectivity index (χ2v) is 2.58. The lowest BCUT2D eigenvalue weighted by molar-refractivity contribution is 0.108. The molecule has 12 heavy (non-hydrogen) atoms. The summed E-state index contributed by atoms with van der Waals surface area (Å²) in [6.45, 7) is -0.386. The van der Waals surface area contributed by atoms with Gasteiger partial charge in [-0.25, -0.2) is 4.39 Å². The Morgan fingerprint density at radius 1 is 1.58 bits per heavy atom. The van der Waals surface area contributed by atoms with E-state index >= 15 is 0 Å². The summed E-state index contributed by atoms with van der Waals surface area (Å²) >= 11 is 5.10. The molecule has 2 nitrogen and oxygen atoms in total. The fourth-order valence-electron chi connectivity index (χ4n) is 0.798. The van der Waals surface area contributed by atoms with Crippen LogP contribution < -0.4 is 0 Å². The second-order valence-electron chi connectivity index (χ2n) is 2.24. The van der Waals surface area contributed by atoms with Crippen molar-refractivity contribution in [1.29, 1.82) is 0 Å². The normalized spacial score (nSPS) is 9.92. The van der Waals surface area contributed by atoms with Crippen LogP contribution in [0.25, 0.3) is 0 Å². The van der Waals surface area contributed by atoms with Crippen LogP contribution in [0.4, 0.5) is 4.39 Å². The predicted molar refractivity (Wildman–Crippen MR) is 42.5 cm³/mol. The van der Waals surface area contributed by atoms with E-state index in [1.807, 2.05) is 0 Å². The summed E-state index contributed by atoms with van der Waals surface area (Å²) in [7, 11) is 0. The number of rotatable bonds is 2. The number of hydrogen-bond acceptors (Lipinski definition) is 2. The van der Waals surface area contributed by atoms with E-state index in [2.05, 4.69) is 0 Å². The summed E-state index contributed by atoms with van der Waals surface area (Å²) in [6, 6.07) is 3.69. The molecule has 0 bridgehead atoms. The van der Waals surface area contributed by atoms with E-state index in [0.717, 1.165) is 6.07 Å². The molecule has 64 valence electrons. The van der Waals surface area contributed by atoms with Gasteiger partial charge in [0.05, 0.1) is 6.61 Å². The van der Waals surface area contributed by atoms with E-state index in [4.69, 9.17) is 16.7 Å². The number of halogens is 2. The van der Waals surface area contributed by atoms with E-state index in [1.54, 1.807) is 0 Å². The van der Waals surface area contributed by atoms with Gasteiger partial charge in [-0.1, -0.05) is 6.07 Å². The van der Waals surface area contributed by atoms with Gasteiger partial charge in [0.1, 0.15) is 5.82 Å². The fraction of sp³-hybridized carbons (Fsp3) is 0.125. The standard InChI is InChI=1S/C8H6ClFO2/c9-8(12)5-1-2-6(4-11)7(10)3-5/h1-3,11H,4H2. The number of hydrogen-bond donors (Lipinski definition) is 1. The van der Waals surface area contributed by atoms with Crippen LogP contribution in [-0.4, -0.2) is 10.3 Å². The van der Waals surface area contributed by atoms with Gasteiger partial charge in [-0.05, 0) is 23.7 Å². The minimum absolute atomic E-state index is 0.0892. The van der Waals surface area contributed by atoms with E-state index in [1.165, 1.54) is 12.1 Å². The Morgan fingerprint density at radius 3 is 2.67 bits per heavy atom. The Balaban J connectivity index is 3.10. The topological polar surface area (TPSA) is 37.3 Å². The number of aliphatic hydroxyl groups excluding tert-OH is 1. The largest absolute Gasteiger partial charge is 0.392 e. The third kappa shape index (κ3) is 1.81. The van der Waals surface area contributed by atoms with Crippen LogP contribution in [0.1, 0.15) is 15.9 Å². The Bertz CT molecular complexity index is 312. The van der Waals surface area contributed by atoms with E-state index < -0.39 is 11.1 Å². The molecule has 0 saturated carbocycles. The van der Waals surface area contributed by atoms with Gasteiger partial charge in [0.25, 0.3) is 5.24 Å². The molecule has 0 heterocycles. The third-order valence-corrected chi connectivity index (χ3v) is 1.67. The first-order valence-corrected chi connectivity index (χ1v) is 3.62. The zero-order valence-corrected chi connectivity index (χ0v) is 6.81. The number of aliphatic hydroxyl groups is 1. The van der Waals surface area contributed by atoms with Gasteiger partial charge >= 0.3 is 0 Å². The van der Waals surface area contributed by atoms with Crippen molar-refractivity contribution in [3.8, 4) is 0 Å². The van der Waals surface area contributed by atoms with Crippen LogP contribution in [0.15, 0.2) is 18.2 Å². The Morgan fingerprint density at radius 2 is 2.25 bits per heavy atom. The van der Waals surface area contributed by atoms with Crippen molar-refractivity contribution in [2.45, 2.75) is 6.61 Å². The smallest absolute Gasteiger partial charge is 0.252 e. The SMILES string of the molecule is O=C(Cl)c1ccc(CO)c(F)c1. The van der Waals surface area contributed by atoms with Gasteiger partial charge in [0, 0.05) is 11.1 Å². The lowest BCUT2D eigenvalue weighted by Gasteiger charge is -1.99. The van der Waals surface area contributed by atoms with Gasteiger partial charge in [0.2, 0.25) is 0 Å². The van der Waals surface area contributed by atoms with Gasteiger partial charge in [-0.2, -0.15) is 0 Å². The molecule has 0 aliphatic carbocycles. The average Bonchev–Trinajstić information content (AvgIpc) is 2.04. The van der Waals surface area contributed by atoms with Gasteiger partial charge in [0.15, 0.2) is 0 Å². The van der Waals surface area contributed by atoms with Gasteiger partial charge < -0.3 is 5.11 Å². The molecule has 0 radical (unpaired) electrons. The van der Waals surface area contributed by atoms with Gasteiger partial charge in [-0.3, -0.25) is 4.79 Å². The first-order chi connectivity index (χ1) is 5.65. The summed E-state index contributed by atoms with van der Waals surface area (Å²) in [5.41, 5.74) is 0.239. The molecule has 4 heteroatoms. The molecule has 1 aromatic carbocycles. The van der Waals surface area contributed by atoms with Crippen LogP contribution >= 0.6 is 11.6 Å². The summed E-state index contributed by atoms with van der Waals surface area (Å²) in [4.78, 5) is 10.5. The zero-order valence-electron chi connectivity index (χ0n) is 6.05. The fourth-order valence-corrected chi connectivity index (χ4v) is 0.915. The van der Waals surface area contributed by atoms with E-state index in [-0.39, 0.29) is 17.7 Å². The molecule has 0 spiro atoms. The van der Waals surface area contributed by atoms with Crippen molar-refractivity contribution in [1.82, 2.24) is 0 Å². The minimum atomic E-state index is -0.710. The highest BCUT2D eigenvalue weighted by Gasteiger charge is 2.06. The maximum atomic E-state index is 12.8. The van der Waals surface area contributed by atoms with Crippen molar-refractivity contribution in [3.05, 3.63) is 35.1 Å². The van der Waals surface area contributed by atoms with Crippen LogP contribution in [-0.2, 0) is 6.61 Å². The molecular formula is C8H6ClFO2. The molecule has 0 aliphatic rings. The quantitative estimate of drug-likeness (QED) is 0.718. The molecule has 1 aromatic rings. The molecule has 1 N–H and O–H groups in total. The van der Waals surface area contributed by atoms with Crippen molar-refractivity contribution in [2.75, 3.05) is 0 Å². The Hall–Kier alpha value is -0.930. The first-order valence-electron chi connectivity index (χ1n) is 3.24. The molecule has 0 atom stereocenters. The molecule has 0 amide bonds. The van der Waals surface area contributed by atoms with Gasteiger partial charge in [-0.15, -0.1) is 0 Å². The maximum absolute atomic E-state index is 12.8. The molecule has 0 aromatic heterocycles. The summed E-state index contributed by atoms with van der Waals surface area (Å²) in [5.74, 6) is -0.621. The molecule has 0 fully saturated rings. The monoisotopic (exact) mass is 188 g/mol. The molecule has 0 saturated heterocycles. The maximum Gasteiger partial charge on any atom is 0.252 e. The average molecular weight is 189 g/mol. The van der Waals surface area contributed by atoms with Crippen LogP contribution in [0.2, 0.25) is 0 Å². The van der Waals surface area contributed by atoms with Crippen LogP contribution in [0.3, 0.4) is 0 Å². The summed E-state index contributed by atoms with van der Waals surface area (Å²) in [5, 5.41) is 7.88. The number of benzene rings is 1. The molecular weight excluding hydrogens is 183 g/mol. The zero-order chi connectivity index (χ0) is 9.14. The number of carbonyl (C=O) groups excluding carboxylic acids is 1. The van der Waals surface area contributed by atoms with Crippen molar-refractivity contribution in [3.63, 3.8) is 0 Å². The summed E-state index contributed by atoms with van der Waals surface area (Å²) in [6.07, 6.45) is 0. The van der Waals surface area contributed by atoms with Crippen LogP contribution in [0.5, 0.6) is 0 Å². The Kier molecular flexibility index (Phi) is 2.78. The van der Waals surface area contributed by atoms with E-state index in [0.29, 0.717) is 0 Å². The van der Waals surface area contributed by atoms with Crippen LogP contribution in [0, 0.1) is 5.82 Å². The van der Waals surface area contributed by atoms with E-state index in [9.17, 15) is 9.18 Å². The molecule has 1 rings (SSSR count). The van der Waals surface area contributed by atoms with Crippen molar-refractivity contribution in [2.24, 2.45) is 0 Å². The highest BCUT2D eigenvalue weighted by molar-refractivity contribution is 6.67. The summed E-state index contributed by atoms with van der Waals surface area (Å²) < 4.78 is 12.8. The van der Waals surface area contributed by atoms with Crippen molar-refractivity contribution >= 4 is 16.8 Å². The molecule has 0 unspecified atom stereocenters. The predicted octanol–water partition coefficient (Wildman–Crippen LogP) is 1.70.